The number of carbonyl (C=O) groups is 1. The van der Waals surface area contributed by atoms with E-state index < -0.39 is 5.91 Å². The Morgan fingerprint density at radius 2 is 2.56 bits per heavy atom. The van der Waals surface area contributed by atoms with Crippen molar-refractivity contribution in [2.24, 2.45) is 5.73 Å². The third-order valence-corrected chi connectivity index (χ3v) is 1.24. The van der Waals surface area contributed by atoms with Gasteiger partial charge in [0.1, 0.15) is 0 Å². The van der Waals surface area contributed by atoms with Crippen LogP contribution in [-0.4, -0.2) is 11.1 Å². The van der Waals surface area contributed by atoms with E-state index in [0.29, 0.717) is 3.77 Å². The Labute approximate surface area is 64.5 Å². The molecule has 1 amide bonds. The molecule has 0 spiro atoms. The van der Waals surface area contributed by atoms with E-state index in [1.54, 1.807) is 0 Å². The Morgan fingerprint density at radius 3 is 2.78 bits per heavy atom. The molecule has 0 aliphatic heterocycles. The molecule has 0 fully saturated rings. The molecule has 5 heteroatoms. The van der Waals surface area contributed by atoms with E-state index >= 15 is 0 Å². The van der Waals surface area contributed by atoms with Crippen molar-refractivity contribution in [2.45, 2.75) is 0 Å². The number of hydrogen-bond acceptors (Lipinski definition) is 3. The van der Waals surface area contributed by atoms with Crippen LogP contribution in [-0.2, 0) is 0 Å². The van der Waals surface area contributed by atoms with Crippen molar-refractivity contribution in [1.29, 1.82) is 0 Å². The number of carbonyl (C=O) groups excluding carboxylic acids is 1. The summed E-state index contributed by atoms with van der Waals surface area (Å²) >= 11 is 1.90. The van der Waals surface area contributed by atoms with Gasteiger partial charge >= 0.3 is 0 Å². The van der Waals surface area contributed by atoms with E-state index in [2.05, 4.69) is 9.68 Å². The first kappa shape index (κ1) is 6.53. The molecule has 9 heavy (non-hydrogen) atoms. The number of hydrogen-bond donors (Lipinski definition) is 1. The normalized spacial score (nSPS) is 9.44. The molecular formula is C4H3IN2O2. The zero-order valence-corrected chi connectivity index (χ0v) is 6.45. The van der Waals surface area contributed by atoms with Gasteiger partial charge < -0.3 is 10.3 Å². The molecular weight excluding hydrogens is 235 g/mol. The highest BCUT2D eigenvalue weighted by Gasteiger charge is 2.04. The second-order valence-electron chi connectivity index (χ2n) is 1.38. The van der Waals surface area contributed by atoms with Gasteiger partial charge in [-0.2, -0.15) is 0 Å². The van der Waals surface area contributed by atoms with E-state index in [-0.39, 0.29) is 5.69 Å². The van der Waals surface area contributed by atoms with Crippen LogP contribution >= 0.6 is 22.6 Å². The number of primary amides is 1. The van der Waals surface area contributed by atoms with Crippen LogP contribution in [0.3, 0.4) is 0 Å². The molecule has 1 heterocycles. The molecule has 1 rings (SSSR count). The SMILES string of the molecule is NC(=O)c1cc(I)on1. The molecule has 0 radical (unpaired) electrons. The number of halogens is 1. The van der Waals surface area contributed by atoms with Gasteiger partial charge in [0.25, 0.3) is 5.91 Å². The van der Waals surface area contributed by atoms with Gasteiger partial charge in [-0.1, -0.05) is 5.16 Å². The summed E-state index contributed by atoms with van der Waals surface area (Å²) in [5, 5.41) is 3.36. The molecule has 2 N–H and O–H groups in total. The molecule has 0 aliphatic carbocycles. The summed E-state index contributed by atoms with van der Waals surface area (Å²) in [5.74, 6) is -0.568. The first-order valence-corrected chi connectivity index (χ1v) is 3.20. The fourth-order valence-electron chi connectivity index (χ4n) is 0.369. The average Bonchev–Trinajstić information content (AvgIpc) is 2.14. The van der Waals surface area contributed by atoms with Gasteiger partial charge in [-0.15, -0.1) is 0 Å². The van der Waals surface area contributed by atoms with Crippen LogP contribution in [0.1, 0.15) is 10.5 Å². The molecule has 0 saturated carbocycles. The van der Waals surface area contributed by atoms with E-state index in [9.17, 15) is 4.79 Å². The van der Waals surface area contributed by atoms with E-state index in [1.165, 1.54) is 6.07 Å². The van der Waals surface area contributed by atoms with Crippen LogP contribution in [0.25, 0.3) is 0 Å². The lowest BCUT2D eigenvalue weighted by atomic mass is 10.4. The first-order valence-electron chi connectivity index (χ1n) is 2.12. The number of aromatic nitrogens is 1. The van der Waals surface area contributed by atoms with Crippen molar-refractivity contribution in [3.8, 4) is 0 Å². The van der Waals surface area contributed by atoms with Crippen LogP contribution < -0.4 is 5.73 Å². The van der Waals surface area contributed by atoms with Crippen LogP contribution in [0.5, 0.6) is 0 Å². The summed E-state index contributed by atoms with van der Waals surface area (Å²) in [4.78, 5) is 10.3. The molecule has 0 atom stereocenters. The highest BCUT2D eigenvalue weighted by molar-refractivity contribution is 14.1. The molecule has 0 saturated heterocycles. The summed E-state index contributed by atoms with van der Waals surface area (Å²) in [6, 6.07) is 1.48. The Morgan fingerprint density at radius 1 is 1.89 bits per heavy atom. The lowest BCUT2D eigenvalue weighted by Gasteiger charge is -1.76. The van der Waals surface area contributed by atoms with Crippen molar-refractivity contribution < 1.29 is 9.32 Å². The fraction of sp³-hybridized carbons (Fsp3) is 0. The molecule has 0 bridgehead atoms. The van der Waals surface area contributed by atoms with Crippen LogP contribution in [0.4, 0.5) is 0 Å². The summed E-state index contributed by atoms with van der Waals surface area (Å²) in [7, 11) is 0. The highest BCUT2D eigenvalue weighted by atomic mass is 127. The van der Waals surface area contributed by atoms with Crippen molar-refractivity contribution in [3.05, 3.63) is 15.5 Å². The smallest absolute Gasteiger partial charge is 0.270 e. The average molecular weight is 238 g/mol. The van der Waals surface area contributed by atoms with E-state index in [0.717, 1.165) is 0 Å². The maximum atomic E-state index is 10.3. The third-order valence-electron chi connectivity index (χ3n) is 0.734. The fourth-order valence-corrected chi connectivity index (χ4v) is 0.763. The predicted molar refractivity (Wildman–Crippen MR) is 37.7 cm³/mol. The summed E-state index contributed by atoms with van der Waals surface area (Å²) in [6.07, 6.45) is 0. The molecule has 1 aromatic heterocycles. The van der Waals surface area contributed by atoms with Gasteiger partial charge in [0.15, 0.2) is 9.46 Å². The largest absolute Gasteiger partial charge is 0.364 e. The maximum Gasteiger partial charge on any atom is 0.270 e. The summed E-state index contributed by atoms with van der Waals surface area (Å²) in [5.41, 5.74) is 5.03. The first-order chi connectivity index (χ1) is 4.20. The quantitative estimate of drug-likeness (QED) is 0.719. The minimum atomic E-state index is -0.568. The Kier molecular flexibility index (Phi) is 1.70. The lowest BCUT2D eigenvalue weighted by molar-refractivity contribution is 0.0991. The molecule has 0 aliphatic rings. The minimum absolute atomic E-state index is 0.166. The molecule has 1 aromatic rings. The molecule has 0 aromatic carbocycles. The van der Waals surface area contributed by atoms with Crippen LogP contribution in [0, 0.1) is 3.77 Å². The summed E-state index contributed by atoms with van der Waals surface area (Å²) < 4.78 is 5.12. The van der Waals surface area contributed by atoms with Gasteiger partial charge in [-0.05, 0) is 0 Å². The number of amides is 1. The second-order valence-corrected chi connectivity index (χ2v) is 2.44. The molecule has 4 nitrogen and oxygen atoms in total. The molecule has 0 unspecified atom stereocenters. The predicted octanol–water partition coefficient (Wildman–Crippen LogP) is 0.378. The Balaban J connectivity index is 2.98. The van der Waals surface area contributed by atoms with E-state index in [1.807, 2.05) is 22.6 Å². The lowest BCUT2D eigenvalue weighted by Crippen LogP contribution is -2.10. The zero-order chi connectivity index (χ0) is 6.85. The topological polar surface area (TPSA) is 69.1 Å². The van der Waals surface area contributed by atoms with Gasteiger partial charge in [-0.25, -0.2) is 0 Å². The zero-order valence-electron chi connectivity index (χ0n) is 4.30. The summed E-state index contributed by atoms with van der Waals surface area (Å²) in [6.45, 7) is 0. The standard InChI is InChI=1S/C4H3IN2O2/c5-3-1-2(4(6)8)7-9-3/h1H,(H2,6,8). The van der Waals surface area contributed by atoms with Crippen molar-refractivity contribution >= 4 is 28.5 Å². The number of nitrogens with zero attached hydrogens (tertiary/aromatic N) is 1. The van der Waals surface area contributed by atoms with Gasteiger partial charge in [-0.3, -0.25) is 4.79 Å². The van der Waals surface area contributed by atoms with E-state index in [4.69, 9.17) is 5.73 Å². The van der Waals surface area contributed by atoms with Gasteiger partial charge in [0.2, 0.25) is 0 Å². The Hall–Kier alpha value is -0.590. The van der Waals surface area contributed by atoms with Crippen molar-refractivity contribution in [3.63, 3.8) is 0 Å². The number of nitrogens with two attached hydrogens (primary N) is 1. The Bertz CT molecular complexity index is 232. The third kappa shape index (κ3) is 1.41. The van der Waals surface area contributed by atoms with Crippen LogP contribution in [0.15, 0.2) is 10.6 Å². The number of rotatable bonds is 1. The van der Waals surface area contributed by atoms with Crippen molar-refractivity contribution in [2.75, 3.05) is 0 Å². The molecule has 48 valence electrons. The van der Waals surface area contributed by atoms with Gasteiger partial charge in [0.05, 0.1) is 0 Å². The van der Waals surface area contributed by atoms with Crippen LogP contribution in [0.2, 0.25) is 0 Å². The van der Waals surface area contributed by atoms with Gasteiger partial charge in [0, 0.05) is 28.7 Å². The maximum absolute atomic E-state index is 10.3. The second kappa shape index (κ2) is 2.34. The minimum Gasteiger partial charge on any atom is -0.364 e. The van der Waals surface area contributed by atoms with Crippen molar-refractivity contribution in [1.82, 2.24) is 5.16 Å². The highest BCUT2D eigenvalue weighted by Crippen LogP contribution is 2.04. The monoisotopic (exact) mass is 238 g/mol.